The van der Waals surface area contributed by atoms with Crippen LogP contribution < -0.4 is 0 Å². The summed E-state index contributed by atoms with van der Waals surface area (Å²) < 4.78 is 0. The van der Waals surface area contributed by atoms with Crippen molar-refractivity contribution in [3.63, 3.8) is 0 Å². The zero-order valence-electron chi connectivity index (χ0n) is 9.02. The molecule has 1 aromatic carbocycles. The van der Waals surface area contributed by atoms with Gasteiger partial charge < -0.3 is 10.0 Å². The van der Waals surface area contributed by atoms with Crippen molar-refractivity contribution < 1.29 is 9.90 Å². The summed E-state index contributed by atoms with van der Waals surface area (Å²) in [5, 5.41) is 18.9. The van der Waals surface area contributed by atoms with Gasteiger partial charge in [0, 0.05) is 17.1 Å². The SMILES string of the molecule is CN(CC#N)C(=O)C(O)c1cc(Cl)cc(Cl)c1. The lowest BCUT2D eigenvalue weighted by Crippen LogP contribution is -2.32. The van der Waals surface area contributed by atoms with Crippen LogP contribution in [-0.4, -0.2) is 29.5 Å². The third-order valence-corrected chi connectivity index (χ3v) is 2.56. The number of carbonyl (C=O) groups excluding carboxylic acids is 1. The van der Waals surface area contributed by atoms with Gasteiger partial charge in [0.2, 0.25) is 0 Å². The van der Waals surface area contributed by atoms with Gasteiger partial charge in [-0.15, -0.1) is 0 Å². The molecule has 0 aliphatic carbocycles. The zero-order valence-corrected chi connectivity index (χ0v) is 10.5. The second-order valence-electron chi connectivity index (χ2n) is 3.46. The van der Waals surface area contributed by atoms with E-state index in [1.807, 2.05) is 6.07 Å². The monoisotopic (exact) mass is 272 g/mol. The number of carbonyl (C=O) groups is 1. The molecule has 1 N–H and O–H groups in total. The molecule has 6 heteroatoms. The van der Waals surface area contributed by atoms with E-state index in [0.717, 1.165) is 4.90 Å². The second-order valence-corrected chi connectivity index (χ2v) is 4.33. The molecule has 1 atom stereocenters. The minimum Gasteiger partial charge on any atom is -0.378 e. The largest absolute Gasteiger partial charge is 0.378 e. The minimum atomic E-state index is -1.37. The van der Waals surface area contributed by atoms with Gasteiger partial charge in [0.25, 0.3) is 5.91 Å². The summed E-state index contributed by atoms with van der Waals surface area (Å²) in [5.41, 5.74) is 0.303. The first-order valence-electron chi connectivity index (χ1n) is 4.71. The van der Waals surface area contributed by atoms with Gasteiger partial charge in [-0.2, -0.15) is 5.26 Å². The average Bonchev–Trinajstić information content (AvgIpc) is 2.26. The van der Waals surface area contributed by atoms with E-state index in [-0.39, 0.29) is 6.54 Å². The summed E-state index contributed by atoms with van der Waals surface area (Å²) in [4.78, 5) is 12.8. The fourth-order valence-corrected chi connectivity index (χ4v) is 1.81. The van der Waals surface area contributed by atoms with Gasteiger partial charge in [-0.05, 0) is 23.8 Å². The quantitative estimate of drug-likeness (QED) is 0.857. The van der Waals surface area contributed by atoms with E-state index in [9.17, 15) is 9.90 Å². The first kappa shape index (κ1) is 13.8. The highest BCUT2D eigenvalue weighted by Gasteiger charge is 2.21. The molecule has 0 fully saturated rings. The molecule has 1 unspecified atom stereocenters. The van der Waals surface area contributed by atoms with Crippen LogP contribution in [0.3, 0.4) is 0 Å². The molecular weight excluding hydrogens is 263 g/mol. The Bertz CT molecular complexity index is 451. The van der Waals surface area contributed by atoms with Crippen LogP contribution in [0.1, 0.15) is 11.7 Å². The average molecular weight is 273 g/mol. The van der Waals surface area contributed by atoms with Gasteiger partial charge in [-0.1, -0.05) is 23.2 Å². The van der Waals surface area contributed by atoms with Gasteiger partial charge in [0.05, 0.1) is 6.07 Å². The molecule has 1 rings (SSSR count). The smallest absolute Gasteiger partial charge is 0.256 e. The maximum absolute atomic E-state index is 11.7. The summed E-state index contributed by atoms with van der Waals surface area (Å²) in [6, 6.07) is 6.23. The van der Waals surface area contributed by atoms with Crippen molar-refractivity contribution in [2.45, 2.75) is 6.10 Å². The van der Waals surface area contributed by atoms with Gasteiger partial charge in [0.1, 0.15) is 6.54 Å². The molecule has 1 amide bonds. The van der Waals surface area contributed by atoms with E-state index in [4.69, 9.17) is 28.5 Å². The fraction of sp³-hybridized carbons (Fsp3) is 0.273. The predicted octanol–water partition coefficient (Wildman–Crippen LogP) is 2.01. The van der Waals surface area contributed by atoms with E-state index < -0.39 is 12.0 Å². The molecule has 1 aromatic rings. The molecule has 0 bridgehead atoms. The Balaban J connectivity index is 2.92. The number of aliphatic hydroxyl groups is 1. The van der Waals surface area contributed by atoms with Crippen LogP contribution >= 0.6 is 23.2 Å². The number of amides is 1. The van der Waals surface area contributed by atoms with Gasteiger partial charge in [-0.3, -0.25) is 4.79 Å². The molecule has 0 aliphatic heterocycles. The van der Waals surface area contributed by atoms with Crippen molar-refractivity contribution >= 4 is 29.1 Å². The maximum Gasteiger partial charge on any atom is 0.256 e. The van der Waals surface area contributed by atoms with Gasteiger partial charge in [-0.25, -0.2) is 0 Å². The molecule has 0 saturated carbocycles. The summed E-state index contributed by atoms with van der Waals surface area (Å²) in [7, 11) is 1.43. The number of aliphatic hydroxyl groups excluding tert-OH is 1. The summed E-state index contributed by atoms with van der Waals surface area (Å²) in [6.07, 6.45) is -1.37. The van der Waals surface area contributed by atoms with E-state index >= 15 is 0 Å². The minimum absolute atomic E-state index is 0.0931. The summed E-state index contributed by atoms with van der Waals surface area (Å²) in [5.74, 6) is -0.579. The van der Waals surface area contributed by atoms with Crippen LogP contribution in [0.5, 0.6) is 0 Å². The third-order valence-electron chi connectivity index (χ3n) is 2.12. The zero-order chi connectivity index (χ0) is 13.0. The van der Waals surface area contributed by atoms with Crippen molar-refractivity contribution in [2.24, 2.45) is 0 Å². The number of hydrogen-bond donors (Lipinski definition) is 1. The molecular formula is C11H10Cl2N2O2. The molecule has 0 spiro atoms. The molecule has 0 saturated heterocycles. The van der Waals surface area contributed by atoms with E-state index in [1.165, 1.54) is 25.2 Å². The molecule has 90 valence electrons. The molecule has 0 aromatic heterocycles. The van der Waals surface area contributed by atoms with Crippen molar-refractivity contribution in [3.05, 3.63) is 33.8 Å². The summed E-state index contributed by atoms with van der Waals surface area (Å²) in [6.45, 7) is -0.0931. The lowest BCUT2D eigenvalue weighted by Gasteiger charge is -2.18. The normalized spacial score (nSPS) is 11.7. The molecule has 0 heterocycles. The van der Waals surface area contributed by atoms with Crippen LogP contribution in [0.15, 0.2) is 18.2 Å². The highest BCUT2D eigenvalue weighted by molar-refractivity contribution is 6.34. The Hall–Kier alpha value is -1.28. The Morgan fingerprint density at radius 1 is 1.47 bits per heavy atom. The van der Waals surface area contributed by atoms with Gasteiger partial charge in [0.15, 0.2) is 6.10 Å². The Labute approximate surface area is 109 Å². The number of benzene rings is 1. The first-order chi connectivity index (χ1) is 7.95. The van der Waals surface area contributed by atoms with E-state index in [0.29, 0.717) is 15.6 Å². The topological polar surface area (TPSA) is 64.3 Å². The van der Waals surface area contributed by atoms with Crippen molar-refractivity contribution in [3.8, 4) is 6.07 Å². The highest BCUT2D eigenvalue weighted by Crippen LogP contribution is 2.24. The first-order valence-corrected chi connectivity index (χ1v) is 5.47. The van der Waals surface area contributed by atoms with Crippen molar-refractivity contribution in [2.75, 3.05) is 13.6 Å². The van der Waals surface area contributed by atoms with Crippen LogP contribution in [-0.2, 0) is 4.79 Å². The second kappa shape index (κ2) is 5.87. The lowest BCUT2D eigenvalue weighted by molar-refractivity contribution is -0.138. The van der Waals surface area contributed by atoms with Crippen LogP contribution in [0, 0.1) is 11.3 Å². The number of nitriles is 1. The summed E-state index contributed by atoms with van der Waals surface area (Å²) >= 11 is 11.5. The number of halogens is 2. The number of rotatable bonds is 3. The Morgan fingerprint density at radius 3 is 2.47 bits per heavy atom. The molecule has 0 aliphatic rings. The Morgan fingerprint density at radius 2 is 2.00 bits per heavy atom. The van der Waals surface area contributed by atoms with Crippen LogP contribution in [0.4, 0.5) is 0 Å². The van der Waals surface area contributed by atoms with E-state index in [2.05, 4.69) is 0 Å². The van der Waals surface area contributed by atoms with Crippen LogP contribution in [0.2, 0.25) is 10.0 Å². The maximum atomic E-state index is 11.7. The lowest BCUT2D eigenvalue weighted by atomic mass is 10.1. The number of nitrogens with zero attached hydrogens (tertiary/aromatic N) is 2. The molecule has 17 heavy (non-hydrogen) atoms. The molecule has 4 nitrogen and oxygen atoms in total. The third kappa shape index (κ3) is 3.60. The van der Waals surface area contributed by atoms with Crippen LogP contribution in [0.25, 0.3) is 0 Å². The highest BCUT2D eigenvalue weighted by atomic mass is 35.5. The number of hydrogen-bond acceptors (Lipinski definition) is 3. The van der Waals surface area contributed by atoms with E-state index in [1.54, 1.807) is 0 Å². The fourth-order valence-electron chi connectivity index (χ4n) is 1.27. The van der Waals surface area contributed by atoms with Crippen molar-refractivity contribution in [1.29, 1.82) is 5.26 Å². The Kier molecular flexibility index (Phi) is 4.76. The van der Waals surface area contributed by atoms with Crippen molar-refractivity contribution in [1.82, 2.24) is 4.90 Å². The molecule has 0 radical (unpaired) electrons. The predicted molar refractivity (Wildman–Crippen MR) is 64.7 cm³/mol. The number of likely N-dealkylation sites (N-methyl/N-ethyl adjacent to an activating group) is 1. The standard InChI is InChI=1S/C11H10Cl2N2O2/c1-15(3-2-14)11(17)10(16)7-4-8(12)6-9(13)5-7/h4-6,10,16H,3H2,1H3. The van der Waals surface area contributed by atoms with Gasteiger partial charge >= 0.3 is 0 Å².